The Morgan fingerprint density at radius 3 is 2.25 bits per heavy atom. The van der Waals surface area contributed by atoms with E-state index in [1.807, 2.05) is 116 Å². The molecule has 0 bridgehead atoms. The second-order valence-corrected chi connectivity index (χ2v) is 12.9. The molecule has 0 atom stereocenters. The molecule has 0 radical (unpaired) electrons. The number of fused-ring (bicyclic) bond motifs is 1. The Bertz CT molecular complexity index is 2510. The molecule has 0 aliphatic rings. The maximum absolute atomic E-state index is 14.5. The molecule has 51 heavy (non-hydrogen) atoms. The molecular formula is C39H33N5O6S. The van der Waals surface area contributed by atoms with Gasteiger partial charge in [-0.15, -0.1) is 11.3 Å². The van der Waals surface area contributed by atoms with E-state index >= 15 is 0 Å². The van der Waals surface area contributed by atoms with Gasteiger partial charge in [0, 0.05) is 16.9 Å². The SMILES string of the molecule is CCc1cc2c(=O)n(/C(Cc3ccc(OC)cc3)=N/OCc3ccccc3)c(=O)n(Cc3ccc(-c4ccccc4-c4noc(=O)[nH]4)cc3)c2s1. The van der Waals surface area contributed by atoms with Crippen LogP contribution in [0.3, 0.4) is 0 Å². The van der Waals surface area contributed by atoms with Crippen molar-refractivity contribution < 1.29 is 14.1 Å². The highest BCUT2D eigenvalue weighted by atomic mass is 32.1. The molecule has 0 saturated heterocycles. The number of methoxy groups -OCH3 is 1. The van der Waals surface area contributed by atoms with Gasteiger partial charge in [-0.2, -0.15) is 0 Å². The number of nitrogens with one attached hydrogen (secondary N) is 1. The summed E-state index contributed by atoms with van der Waals surface area (Å²) in [7, 11) is 1.59. The molecule has 0 amide bonds. The van der Waals surface area contributed by atoms with Gasteiger partial charge >= 0.3 is 11.4 Å². The first kappa shape index (κ1) is 33.2. The van der Waals surface area contributed by atoms with Crippen LogP contribution in [-0.2, 0) is 30.8 Å². The number of hydrogen-bond acceptors (Lipinski definition) is 9. The molecule has 3 heterocycles. The quantitative estimate of drug-likeness (QED) is 0.0929. The molecule has 7 rings (SSSR count). The monoisotopic (exact) mass is 699 g/mol. The number of oxime groups is 1. The van der Waals surface area contributed by atoms with Crippen LogP contribution < -0.4 is 21.7 Å². The first-order chi connectivity index (χ1) is 24.9. The van der Waals surface area contributed by atoms with Crippen LogP contribution >= 0.6 is 11.3 Å². The predicted octanol–water partition coefficient (Wildman–Crippen LogP) is 6.48. The number of aryl methyl sites for hydroxylation is 1. The van der Waals surface area contributed by atoms with E-state index in [2.05, 4.69) is 15.3 Å². The highest BCUT2D eigenvalue weighted by molar-refractivity contribution is 7.18. The van der Waals surface area contributed by atoms with Crippen molar-refractivity contribution >= 4 is 27.4 Å². The van der Waals surface area contributed by atoms with Gasteiger partial charge in [0.05, 0.1) is 19.0 Å². The third-order valence-electron chi connectivity index (χ3n) is 8.46. The van der Waals surface area contributed by atoms with Gasteiger partial charge in [0.15, 0.2) is 11.7 Å². The number of H-pyrrole nitrogens is 1. The van der Waals surface area contributed by atoms with Gasteiger partial charge in [-0.05, 0) is 52.4 Å². The number of thiophene rings is 1. The zero-order chi connectivity index (χ0) is 35.3. The van der Waals surface area contributed by atoms with Crippen molar-refractivity contribution in [1.82, 2.24) is 19.3 Å². The maximum Gasteiger partial charge on any atom is 0.439 e. The van der Waals surface area contributed by atoms with E-state index in [-0.39, 0.29) is 25.4 Å². The van der Waals surface area contributed by atoms with E-state index in [1.165, 1.54) is 11.3 Å². The van der Waals surface area contributed by atoms with Crippen LogP contribution in [0.5, 0.6) is 5.75 Å². The summed E-state index contributed by atoms with van der Waals surface area (Å²) in [6.45, 7) is 2.39. The lowest BCUT2D eigenvalue weighted by Gasteiger charge is -2.15. The van der Waals surface area contributed by atoms with Crippen molar-refractivity contribution in [3.8, 4) is 28.3 Å². The summed E-state index contributed by atoms with van der Waals surface area (Å²) >= 11 is 1.44. The molecule has 256 valence electrons. The average molecular weight is 700 g/mol. The molecule has 7 aromatic rings. The van der Waals surface area contributed by atoms with Crippen LogP contribution in [0.15, 0.2) is 133 Å². The summed E-state index contributed by atoms with van der Waals surface area (Å²) < 4.78 is 12.8. The van der Waals surface area contributed by atoms with Gasteiger partial charge in [-0.25, -0.2) is 14.2 Å². The highest BCUT2D eigenvalue weighted by Gasteiger charge is 2.21. The van der Waals surface area contributed by atoms with E-state index in [4.69, 9.17) is 14.1 Å². The molecule has 4 aromatic carbocycles. The lowest BCUT2D eigenvalue weighted by atomic mass is 9.98. The van der Waals surface area contributed by atoms with Crippen molar-refractivity contribution in [2.45, 2.75) is 32.9 Å². The molecule has 12 heteroatoms. The Hall–Kier alpha value is -6.27. The fraction of sp³-hybridized carbons (Fsp3) is 0.154. The van der Waals surface area contributed by atoms with E-state index in [0.717, 1.165) is 37.3 Å². The van der Waals surface area contributed by atoms with Crippen LogP contribution in [0.1, 0.15) is 28.5 Å². The minimum Gasteiger partial charge on any atom is -0.497 e. The number of hydrogen-bond donors (Lipinski definition) is 1. The fourth-order valence-corrected chi connectivity index (χ4v) is 6.91. The van der Waals surface area contributed by atoms with Crippen LogP contribution in [-0.4, -0.2) is 32.2 Å². The Labute approximate surface area is 295 Å². The summed E-state index contributed by atoms with van der Waals surface area (Å²) in [6, 6.07) is 34.1. The molecule has 0 aliphatic heterocycles. The molecule has 0 spiro atoms. The van der Waals surface area contributed by atoms with Crippen molar-refractivity contribution in [1.29, 1.82) is 0 Å². The minimum atomic E-state index is -0.631. The number of rotatable bonds is 11. The highest BCUT2D eigenvalue weighted by Crippen LogP contribution is 2.30. The second-order valence-electron chi connectivity index (χ2n) is 11.8. The van der Waals surface area contributed by atoms with Crippen molar-refractivity contribution in [2.24, 2.45) is 5.16 Å². The third-order valence-corrected chi connectivity index (χ3v) is 9.77. The van der Waals surface area contributed by atoms with E-state index < -0.39 is 17.0 Å². The van der Waals surface area contributed by atoms with Crippen molar-refractivity contribution in [3.63, 3.8) is 0 Å². The molecule has 11 nitrogen and oxygen atoms in total. The number of benzene rings is 4. The van der Waals surface area contributed by atoms with Crippen molar-refractivity contribution in [3.05, 3.63) is 162 Å². The molecule has 0 aliphatic carbocycles. The molecule has 0 unspecified atom stereocenters. The number of aromatic amines is 1. The van der Waals surface area contributed by atoms with E-state index in [1.54, 1.807) is 11.7 Å². The first-order valence-corrected chi connectivity index (χ1v) is 17.1. The smallest absolute Gasteiger partial charge is 0.439 e. The average Bonchev–Trinajstić information content (AvgIpc) is 3.81. The zero-order valence-corrected chi connectivity index (χ0v) is 28.7. The lowest BCUT2D eigenvalue weighted by molar-refractivity contribution is 0.129. The zero-order valence-electron chi connectivity index (χ0n) is 27.9. The van der Waals surface area contributed by atoms with E-state index in [0.29, 0.717) is 33.8 Å². The topological polar surface area (TPSA) is 134 Å². The predicted molar refractivity (Wildman–Crippen MR) is 198 cm³/mol. The summed E-state index contributed by atoms with van der Waals surface area (Å²) in [5, 5.41) is 8.71. The van der Waals surface area contributed by atoms with E-state index in [9.17, 15) is 14.4 Å². The Morgan fingerprint density at radius 1 is 0.863 bits per heavy atom. The number of ether oxygens (including phenoxy) is 1. The number of aromatic nitrogens is 4. The van der Waals surface area contributed by atoms with Crippen molar-refractivity contribution in [2.75, 3.05) is 7.11 Å². The molecular weight excluding hydrogens is 667 g/mol. The van der Waals surface area contributed by atoms with Gasteiger partial charge in [-0.1, -0.05) is 108 Å². The van der Waals surface area contributed by atoms with Gasteiger partial charge in [0.25, 0.3) is 5.56 Å². The Morgan fingerprint density at radius 2 is 1.57 bits per heavy atom. The van der Waals surface area contributed by atoms with Gasteiger partial charge < -0.3 is 9.57 Å². The summed E-state index contributed by atoms with van der Waals surface area (Å²) in [6.07, 6.45) is 0.875. The fourth-order valence-electron chi connectivity index (χ4n) is 5.83. The third kappa shape index (κ3) is 7.08. The summed E-state index contributed by atoms with van der Waals surface area (Å²) in [4.78, 5) is 50.3. The van der Waals surface area contributed by atoms with Gasteiger partial charge in [0.2, 0.25) is 0 Å². The minimum absolute atomic E-state index is 0.162. The molecule has 0 saturated carbocycles. The Balaban J connectivity index is 1.29. The van der Waals surface area contributed by atoms with Gasteiger partial charge in [0.1, 0.15) is 17.2 Å². The number of nitrogens with zero attached hydrogens (tertiary/aromatic N) is 4. The summed E-state index contributed by atoms with van der Waals surface area (Å²) in [5.74, 6) is 0.559. The largest absolute Gasteiger partial charge is 0.497 e. The first-order valence-electron chi connectivity index (χ1n) is 16.3. The molecule has 1 N–H and O–H groups in total. The van der Waals surface area contributed by atoms with Crippen LogP contribution in [0.25, 0.3) is 32.7 Å². The maximum atomic E-state index is 14.5. The van der Waals surface area contributed by atoms with Gasteiger partial charge in [-0.3, -0.25) is 18.9 Å². The molecule has 3 aromatic heterocycles. The standard InChI is InChI=1S/C39H33N5O6S/c1-3-30-22-33-36(45)44(34(21-25-15-19-29(48-2)20-16-25)41-49-24-27-9-5-4-6-10-27)39(47)43(37(33)51-30)23-26-13-17-28(18-14-26)31-11-7-8-12-32(31)35-40-38(46)50-42-35/h4-20,22H,3,21,23-24H2,1-2H3,(H,40,42,46)/b41-34+. The lowest BCUT2D eigenvalue weighted by Crippen LogP contribution is -2.44. The molecule has 0 fully saturated rings. The summed E-state index contributed by atoms with van der Waals surface area (Å²) in [5.41, 5.74) is 4.05. The second kappa shape index (κ2) is 14.7. The van der Waals surface area contributed by atoms with Crippen LogP contribution in [0.2, 0.25) is 0 Å². The van der Waals surface area contributed by atoms with Crippen LogP contribution in [0, 0.1) is 0 Å². The van der Waals surface area contributed by atoms with Crippen LogP contribution in [0.4, 0.5) is 0 Å². The normalized spacial score (nSPS) is 11.6. The Kier molecular flexibility index (Phi) is 9.57.